The first-order chi connectivity index (χ1) is 13.1. The second kappa shape index (κ2) is 7.55. The van der Waals surface area contributed by atoms with Crippen LogP contribution in [-0.2, 0) is 41.9 Å². The summed E-state index contributed by atoms with van der Waals surface area (Å²) in [4.78, 5) is 25.9. The van der Waals surface area contributed by atoms with Crippen LogP contribution in [0.2, 0.25) is 0 Å². The standard InChI is InChI=1S/C21H25N3O3/c25-20(26)9-8-18-13-19-14-23(10-3-11-24(19)22-18)21(27)17-7-6-15-4-1-2-5-16(15)12-17/h1-2,4-5,13,17H,3,6-12,14H2,(H,25,26). The Morgan fingerprint density at radius 2 is 2.00 bits per heavy atom. The van der Waals surface area contributed by atoms with Crippen LogP contribution in [0.4, 0.5) is 0 Å². The first kappa shape index (κ1) is 17.8. The van der Waals surface area contributed by atoms with Crippen LogP contribution in [0.15, 0.2) is 30.3 Å². The van der Waals surface area contributed by atoms with E-state index >= 15 is 0 Å². The molecular formula is C21H25N3O3. The van der Waals surface area contributed by atoms with Crippen molar-refractivity contribution in [1.82, 2.24) is 14.7 Å². The molecule has 2 heterocycles. The minimum Gasteiger partial charge on any atom is -0.481 e. The van der Waals surface area contributed by atoms with Crippen molar-refractivity contribution in [1.29, 1.82) is 0 Å². The number of hydrogen-bond acceptors (Lipinski definition) is 3. The zero-order chi connectivity index (χ0) is 18.8. The molecule has 0 saturated heterocycles. The van der Waals surface area contributed by atoms with Crippen molar-refractivity contribution in [2.24, 2.45) is 5.92 Å². The van der Waals surface area contributed by atoms with Crippen molar-refractivity contribution in [3.8, 4) is 0 Å². The highest BCUT2D eigenvalue weighted by atomic mass is 16.4. The Kier molecular flexibility index (Phi) is 4.97. The van der Waals surface area contributed by atoms with Gasteiger partial charge in [0.15, 0.2) is 0 Å². The summed E-state index contributed by atoms with van der Waals surface area (Å²) in [7, 11) is 0. The lowest BCUT2D eigenvalue weighted by molar-refractivity contribution is -0.137. The van der Waals surface area contributed by atoms with E-state index in [0.717, 1.165) is 50.2 Å². The minimum atomic E-state index is -0.812. The van der Waals surface area contributed by atoms with Crippen molar-refractivity contribution >= 4 is 11.9 Å². The third kappa shape index (κ3) is 3.89. The van der Waals surface area contributed by atoms with Gasteiger partial charge in [0.2, 0.25) is 5.91 Å². The first-order valence-electron chi connectivity index (χ1n) is 9.73. The Morgan fingerprint density at radius 1 is 1.19 bits per heavy atom. The highest BCUT2D eigenvalue weighted by molar-refractivity contribution is 5.79. The lowest BCUT2D eigenvalue weighted by atomic mass is 9.83. The van der Waals surface area contributed by atoms with Crippen LogP contribution in [0.3, 0.4) is 0 Å². The molecule has 1 unspecified atom stereocenters. The number of nitrogens with zero attached hydrogens (tertiary/aromatic N) is 3. The van der Waals surface area contributed by atoms with Gasteiger partial charge in [0.25, 0.3) is 0 Å². The quantitative estimate of drug-likeness (QED) is 0.901. The van der Waals surface area contributed by atoms with Crippen LogP contribution < -0.4 is 0 Å². The van der Waals surface area contributed by atoms with E-state index in [1.165, 1.54) is 11.1 Å². The third-order valence-electron chi connectivity index (χ3n) is 5.67. The average molecular weight is 367 g/mol. The topological polar surface area (TPSA) is 75.4 Å². The van der Waals surface area contributed by atoms with Crippen LogP contribution >= 0.6 is 0 Å². The van der Waals surface area contributed by atoms with Gasteiger partial charge in [-0.05, 0) is 42.9 Å². The molecule has 0 spiro atoms. The Morgan fingerprint density at radius 3 is 2.81 bits per heavy atom. The number of carbonyl (C=O) groups is 2. The van der Waals surface area contributed by atoms with Gasteiger partial charge in [-0.2, -0.15) is 5.10 Å². The maximum Gasteiger partial charge on any atom is 0.303 e. The normalized spacial score (nSPS) is 19.1. The van der Waals surface area contributed by atoms with E-state index in [2.05, 4.69) is 29.4 Å². The number of aryl methyl sites for hydroxylation is 3. The molecule has 2 aliphatic rings. The molecule has 4 rings (SSSR count). The van der Waals surface area contributed by atoms with E-state index < -0.39 is 5.97 Å². The van der Waals surface area contributed by atoms with Crippen LogP contribution in [-0.4, -0.2) is 38.2 Å². The van der Waals surface area contributed by atoms with Gasteiger partial charge >= 0.3 is 5.97 Å². The van der Waals surface area contributed by atoms with Crippen molar-refractivity contribution in [2.45, 2.75) is 51.6 Å². The fourth-order valence-electron chi connectivity index (χ4n) is 4.23. The molecule has 1 atom stereocenters. The molecule has 0 saturated carbocycles. The van der Waals surface area contributed by atoms with Crippen LogP contribution in [0, 0.1) is 5.92 Å². The minimum absolute atomic E-state index is 0.0563. The molecule has 1 aliphatic carbocycles. The summed E-state index contributed by atoms with van der Waals surface area (Å²) in [5.41, 5.74) is 4.49. The molecule has 1 N–H and O–H groups in total. The van der Waals surface area contributed by atoms with E-state index in [-0.39, 0.29) is 18.2 Å². The van der Waals surface area contributed by atoms with E-state index in [1.54, 1.807) is 0 Å². The number of carboxylic acids is 1. The number of rotatable bonds is 4. The van der Waals surface area contributed by atoms with Gasteiger partial charge in [0.05, 0.1) is 24.4 Å². The summed E-state index contributed by atoms with van der Waals surface area (Å²) in [6.07, 6.45) is 4.10. The number of amides is 1. The molecule has 1 aliphatic heterocycles. The lowest BCUT2D eigenvalue weighted by Gasteiger charge is -2.29. The number of fused-ring (bicyclic) bond motifs is 2. The van der Waals surface area contributed by atoms with E-state index in [1.807, 2.05) is 15.6 Å². The monoisotopic (exact) mass is 367 g/mol. The van der Waals surface area contributed by atoms with E-state index in [0.29, 0.717) is 13.0 Å². The molecule has 2 aromatic rings. The molecule has 27 heavy (non-hydrogen) atoms. The molecule has 0 radical (unpaired) electrons. The highest BCUT2D eigenvalue weighted by Crippen LogP contribution is 2.28. The van der Waals surface area contributed by atoms with Crippen molar-refractivity contribution in [3.63, 3.8) is 0 Å². The summed E-state index contributed by atoms with van der Waals surface area (Å²) in [6.45, 7) is 2.10. The van der Waals surface area contributed by atoms with Gasteiger partial charge in [0.1, 0.15) is 0 Å². The van der Waals surface area contributed by atoms with Gasteiger partial charge in [-0.3, -0.25) is 14.3 Å². The molecule has 0 bridgehead atoms. The fraction of sp³-hybridized carbons (Fsp3) is 0.476. The van der Waals surface area contributed by atoms with E-state index in [9.17, 15) is 9.59 Å². The molecule has 6 heteroatoms. The van der Waals surface area contributed by atoms with Gasteiger partial charge in [0, 0.05) is 25.4 Å². The van der Waals surface area contributed by atoms with Gasteiger partial charge < -0.3 is 10.0 Å². The Hall–Kier alpha value is -2.63. The van der Waals surface area contributed by atoms with Gasteiger partial charge in [-0.15, -0.1) is 0 Å². The largest absolute Gasteiger partial charge is 0.481 e. The number of benzene rings is 1. The fourth-order valence-corrected chi connectivity index (χ4v) is 4.23. The van der Waals surface area contributed by atoms with Crippen molar-refractivity contribution < 1.29 is 14.7 Å². The molecule has 6 nitrogen and oxygen atoms in total. The zero-order valence-corrected chi connectivity index (χ0v) is 15.4. The second-order valence-electron chi connectivity index (χ2n) is 7.57. The predicted molar refractivity (Wildman–Crippen MR) is 100 cm³/mol. The smallest absolute Gasteiger partial charge is 0.303 e. The molecular weight excluding hydrogens is 342 g/mol. The number of aliphatic carboxylic acids is 1. The van der Waals surface area contributed by atoms with Crippen molar-refractivity contribution in [3.05, 3.63) is 52.8 Å². The first-order valence-corrected chi connectivity index (χ1v) is 9.73. The summed E-state index contributed by atoms with van der Waals surface area (Å²) in [6, 6.07) is 10.4. The summed E-state index contributed by atoms with van der Waals surface area (Å²) >= 11 is 0. The Bertz CT molecular complexity index is 858. The molecule has 1 aromatic carbocycles. The Labute approximate surface area is 158 Å². The van der Waals surface area contributed by atoms with Crippen LogP contribution in [0.25, 0.3) is 0 Å². The number of carbonyl (C=O) groups excluding carboxylic acids is 1. The molecule has 1 amide bonds. The van der Waals surface area contributed by atoms with Crippen LogP contribution in [0.5, 0.6) is 0 Å². The maximum atomic E-state index is 13.2. The van der Waals surface area contributed by atoms with Crippen LogP contribution in [0.1, 0.15) is 41.8 Å². The number of carboxylic acid groups (broad SMARTS) is 1. The summed E-state index contributed by atoms with van der Waals surface area (Å²) < 4.78 is 1.95. The molecule has 142 valence electrons. The SMILES string of the molecule is O=C(O)CCc1cc2n(n1)CCCN(C(=O)C1CCc3ccccc3C1)C2. The van der Waals surface area contributed by atoms with E-state index in [4.69, 9.17) is 5.11 Å². The zero-order valence-electron chi connectivity index (χ0n) is 15.4. The molecule has 0 fully saturated rings. The Balaban J connectivity index is 1.45. The number of aromatic nitrogens is 2. The summed E-state index contributed by atoms with van der Waals surface area (Å²) in [5, 5.41) is 13.4. The second-order valence-corrected chi connectivity index (χ2v) is 7.57. The van der Waals surface area contributed by atoms with Crippen molar-refractivity contribution in [2.75, 3.05) is 6.54 Å². The molecule has 1 aromatic heterocycles. The summed E-state index contributed by atoms with van der Waals surface area (Å²) in [5.74, 6) is -0.514. The number of hydrogen-bond donors (Lipinski definition) is 1. The predicted octanol–water partition coefficient (Wildman–Crippen LogP) is 2.44. The maximum absolute atomic E-state index is 13.2. The third-order valence-corrected chi connectivity index (χ3v) is 5.67. The highest BCUT2D eigenvalue weighted by Gasteiger charge is 2.29. The van der Waals surface area contributed by atoms with Gasteiger partial charge in [-0.25, -0.2) is 0 Å². The average Bonchev–Trinajstić information content (AvgIpc) is 2.95. The lowest BCUT2D eigenvalue weighted by Crippen LogP contribution is -2.38. The van der Waals surface area contributed by atoms with Gasteiger partial charge in [-0.1, -0.05) is 24.3 Å².